The molecule has 0 aliphatic heterocycles. The summed E-state index contributed by atoms with van der Waals surface area (Å²) in [7, 11) is 3.21. The van der Waals surface area contributed by atoms with Gasteiger partial charge in [-0.2, -0.15) is 0 Å². The van der Waals surface area contributed by atoms with Crippen LogP contribution in [0.5, 0.6) is 11.5 Å². The van der Waals surface area contributed by atoms with Gasteiger partial charge in [-0.3, -0.25) is 0 Å². The van der Waals surface area contributed by atoms with E-state index < -0.39 is 5.82 Å². The topological polar surface area (TPSA) is 30.5 Å². The summed E-state index contributed by atoms with van der Waals surface area (Å²) in [5.74, 6) is 0.986. The van der Waals surface area contributed by atoms with Gasteiger partial charge in [0, 0.05) is 17.3 Å². The Kier molecular flexibility index (Phi) is 4.91. The highest BCUT2D eigenvalue weighted by Gasteiger charge is 2.13. The van der Waals surface area contributed by atoms with Crippen molar-refractivity contribution in [2.45, 2.75) is 13.0 Å². The molecule has 0 amide bonds. The molecule has 0 radical (unpaired) electrons. The molecule has 0 fully saturated rings. The molecular weight excluding hydrogens is 293 g/mol. The number of methoxy groups -OCH3 is 2. The van der Waals surface area contributed by atoms with Gasteiger partial charge in [-0.25, -0.2) is 4.39 Å². The number of hydrogen-bond donors (Lipinski definition) is 1. The van der Waals surface area contributed by atoms with Gasteiger partial charge < -0.3 is 14.8 Å². The molecule has 1 N–H and O–H groups in total. The van der Waals surface area contributed by atoms with Gasteiger partial charge in [0.05, 0.1) is 25.3 Å². The molecule has 2 aromatic rings. The quantitative estimate of drug-likeness (QED) is 0.870. The van der Waals surface area contributed by atoms with Crippen LogP contribution in [0.25, 0.3) is 0 Å². The maximum atomic E-state index is 13.5. The van der Waals surface area contributed by atoms with Gasteiger partial charge in [0.15, 0.2) is 0 Å². The van der Waals surface area contributed by atoms with Gasteiger partial charge in [-0.05, 0) is 37.3 Å². The Bertz CT molecular complexity index is 634. The lowest BCUT2D eigenvalue weighted by Crippen LogP contribution is -2.08. The fourth-order valence-corrected chi connectivity index (χ4v) is 2.21. The van der Waals surface area contributed by atoms with E-state index >= 15 is 0 Å². The lowest BCUT2D eigenvalue weighted by molar-refractivity contribution is 0.390. The number of halogens is 2. The highest BCUT2D eigenvalue weighted by Crippen LogP contribution is 2.31. The third-order valence-electron chi connectivity index (χ3n) is 3.21. The Morgan fingerprint density at radius 1 is 1.10 bits per heavy atom. The van der Waals surface area contributed by atoms with E-state index in [1.54, 1.807) is 20.3 Å². The van der Waals surface area contributed by atoms with Crippen molar-refractivity contribution in [3.63, 3.8) is 0 Å². The van der Waals surface area contributed by atoms with Crippen molar-refractivity contribution in [1.29, 1.82) is 0 Å². The molecule has 0 spiro atoms. The Balaban J connectivity index is 2.23. The number of anilines is 1. The van der Waals surface area contributed by atoms with Gasteiger partial charge in [-0.1, -0.05) is 11.6 Å². The predicted molar refractivity (Wildman–Crippen MR) is 83.0 cm³/mol. The van der Waals surface area contributed by atoms with E-state index in [9.17, 15) is 4.39 Å². The molecule has 0 aliphatic rings. The minimum atomic E-state index is -0.449. The van der Waals surface area contributed by atoms with Crippen LogP contribution in [0.3, 0.4) is 0 Å². The van der Waals surface area contributed by atoms with Crippen molar-refractivity contribution < 1.29 is 13.9 Å². The van der Waals surface area contributed by atoms with E-state index in [1.165, 1.54) is 12.1 Å². The van der Waals surface area contributed by atoms with E-state index in [2.05, 4.69) is 5.32 Å². The summed E-state index contributed by atoms with van der Waals surface area (Å²) in [6.07, 6.45) is 0. The normalized spacial score (nSPS) is 11.9. The Labute approximate surface area is 128 Å². The molecule has 0 saturated heterocycles. The highest BCUT2D eigenvalue weighted by molar-refractivity contribution is 6.30. The van der Waals surface area contributed by atoms with Gasteiger partial charge >= 0.3 is 0 Å². The molecule has 1 unspecified atom stereocenters. The SMILES string of the molecule is COc1ccc(C(C)Nc2ccc(Cl)c(F)c2)c(OC)c1. The van der Waals surface area contributed by atoms with Gasteiger partial charge in [0.1, 0.15) is 17.3 Å². The monoisotopic (exact) mass is 309 g/mol. The zero-order chi connectivity index (χ0) is 15.4. The first kappa shape index (κ1) is 15.4. The minimum Gasteiger partial charge on any atom is -0.497 e. The number of hydrogen-bond acceptors (Lipinski definition) is 3. The summed E-state index contributed by atoms with van der Waals surface area (Å²) in [4.78, 5) is 0. The molecule has 0 aromatic heterocycles. The Morgan fingerprint density at radius 3 is 2.48 bits per heavy atom. The summed E-state index contributed by atoms with van der Waals surface area (Å²) >= 11 is 5.68. The molecule has 0 heterocycles. The van der Waals surface area contributed by atoms with Crippen molar-refractivity contribution in [2.24, 2.45) is 0 Å². The number of rotatable bonds is 5. The Morgan fingerprint density at radius 2 is 1.86 bits per heavy atom. The van der Waals surface area contributed by atoms with Crippen molar-refractivity contribution in [3.05, 3.63) is 52.8 Å². The van der Waals surface area contributed by atoms with Crippen molar-refractivity contribution in [2.75, 3.05) is 19.5 Å². The zero-order valence-corrected chi connectivity index (χ0v) is 12.9. The average molecular weight is 310 g/mol. The molecule has 0 aliphatic carbocycles. The average Bonchev–Trinajstić information content (AvgIpc) is 2.50. The summed E-state index contributed by atoms with van der Waals surface area (Å²) in [5, 5.41) is 3.33. The maximum absolute atomic E-state index is 13.5. The van der Waals surface area contributed by atoms with Gasteiger partial charge in [0.2, 0.25) is 0 Å². The summed E-state index contributed by atoms with van der Waals surface area (Å²) in [5.41, 5.74) is 1.61. The van der Waals surface area contributed by atoms with Crippen LogP contribution in [-0.4, -0.2) is 14.2 Å². The molecule has 2 rings (SSSR count). The van der Waals surface area contributed by atoms with E-state index in [0.717, 1.165) is 11.3 Å². The van der Waals surface area contributed by atoms with E-state index in [4.69, 9.17) is 21.1 Å². The molecule has 3 nitrogen and oxygen atoms in total. The first-order valence-corrected chi connectivity index (χ1v) is 6.86. The van der Waals surface area contributed by atoms with Crippen LogP contribution in [-0.2, 0) is 0 Å². The number of nitrogens with one attached hydrogen (secondary N) is 1. The van der Waals surface area contributed by atoms with Crippen LogP contribution >= 0.6 is 11.6 Å². The smallest absolute Gasteiger partial charge is 0.143 e. The maximum Gasteiger partial charge on any atom is 0.143 e. The van der Waals surface area contributed by atoms with E-state index in [1.807, 2.05) is 25.1 Å². The number of ether oxygens (including phenoxy) is 2. The lowest BCUT2D eigenvalue weighted by Gasteiger charge is -2.19. The van der Waals surface area contributed by atoms with Crippen LogP contribution in [0, 0.1) is 5.82 Å². The zero-order valence-electron chi connectivity index (χ0n) is 12.1. The van der Waals surface area contributed by atoms with E-state index in [-0.39, 0.29) is 11.1 Å². The van der Waals surface area contributed by atoms with Crippen LogP contribution in [0.1, 0.15) is 18.5 Å². The standard InChI is InChI=1S/C16H17ClFNO2/c1-10(19-11-4-7-14(17)15(18)8-11)13-6-5-12(20-2)9-16(13)21-3/h4-10,19H,1-3H3. The van der Waals surface area contributed by atoms with Gasteiger partial charge in [0.25, 0.3) is 0 Å². The third-order valence-corrected chi connectivity index (χ3v) is 3.52. The first-order chi connectivity index (χ1) is 10.0. The van der Waals surface area contributed by atoms with Crippen LogP contribution < -0.4 is 14.8 Å². The fourth-order valence-electron chi connectivity index (χ4n) is 2.09. The third kappa shape index (κ3) is 3.58. The second-order valence-corrected chi connectivity index (χ2v) is 5.01. The van der Waals surface area contributed by atoms with Crippen LogP contribution in [0.15, 0.2) is 36.4 Å². The van der Waals surface area contributed by atoms with Crippen molar-refractivity contribution >= 4 is 17.3 Å². The van der Waals surface area contributed by atoms with Crippen LogP contribution in [0.4, 0.5) is 10.1 Å². The van der Waals surface area contributed by atoms with Gasteiger partial charge in [-0.15, -0.1) is 0 Å². The largest absolute Gasteiger partial charge is 0.497 e. The van der Waals surface area contributed by atoms with Crippen molar-refractivity contribution in [3.8, 4) is 11.5 Å². The van der Waals surface area contributed by atoms with Crippen LogP contribution in [0.2, 0.25) is 5.02 Å². The first-order valence-electron chi connectivity index (χ1n) is 6.48. The molecule has 2 aromatic carbocycles. The molecular formula is C16H17ClFNO2. The molecule has 0 saturated carbocycles. The molecule has 1 atom stereocenters. The molecule has 5 heteroatoms. The van der Waals surface area contributed by atoms with E-state index in [0.29, 0.717) is 11.4 Å². The number of benzene rings is 2. The minimum absolute atomic E-state index is 0.0635. The summed E-state index contributed by atoms with van der Waals surface area (Å²) in [6, 6.07) is 10.2. The molecule has 0 bridgehead atoms. The fraction of sp³-hybridized carbons (Fsp3) is 0.250. The van der Waals surface area contributed by atoms with Crippen molar-refractivity contribution in [1.82, 2.24) is 0 Å². The summed E-state index contributed by atoms with van der Waals surface area (Å²) < 4.78 is 24.0. The second-order valence-electron chi connectivity index (χ2n) is 4.60. The summed E-state index contributed by atoms with van der Waals surface area (Å²) in [6.45, 7) is 1.97. The highest BCUT2D eigenvalue weighted by atomic mass is 35.5. The molecule has 112 valence electrons. The second kappa shape index (κ2) is 6.68. The lowest BCUT2D eigenvalue weighted by atomic mass is 10.1. The Hall–Kier alpha value is -1.94. The molecule has 21 heavy (non-hydrogen) atoms. The predicted octanol–water partition coefficient (Wildman–Crippen LogP) is 4.67.